The molecule has 1 aromatic carbocycles. The molecule has 0 radical (unpaired) electrons. The van der Waals surface area contributed by atoms with Crippen molar-refractivity contribution in [2.45, 2.75) is 39.5 Å². The molecule has 3 aromatic rings. The second-order valence-corrected chi connectivity index (χ2v) is 8.69. The molecule has 2 aromatic heterocycles. The zero-order valence-corrected chi connectivity index (χ0v) is 18.5. The van der Waals surface area contributed by atoms with Crippen LogP contribution in [0.5, 0.6) is 0 Å². The summed E-state index contributed by atoms with van der Waals surface area (Å²) in [4.78, 5) is 26.3. The number of furan rings is 1. The van der Waals surface area contributed by atoms with Gasteiger partial charge < -0.3 is 9.73 Å². The van der Waals surface area contributed by atoms with E-state index < -0.39 is 0 Å². The van der Waals surface area contributed by atoms with Crippen LogP contribution >= 0.6 is 11.3 Å². The Balaban J connectivity index is 1.47. The van der Waals surface area contributed by atoms with Crippen LogP contribution in [0.2, 0.25) is 0 Å². The highest BCUT2D eigenvalue weighted by atomic mass is 32.1. The van der Waals surface area contributed by atoms with Crippen LogP contribution in [0.1, 0.15) is 61.1 Å². The number of hydrogen-bond donors (Lipinski definition) is 2. The van der Waals surface area contributed by atoms with Crippen LogP contribution < -0.4 is 10.7 Å². The number of benzene rings is 1. The average molecular weight is 436 g/mol. The number of fused-ring (bicyclic) bond motifs is 1. The first-order chi connectivity index (χ1) is 15.0. The number of hydrazone groups is 1. The maximum atomic E-state index is 12.7. The Bertz CT molecular complexity index is 1110. The lowest BCUT2D eigenvalue weighted by atomic mass is 9.93. The van der Waals surface area contributed by atoms with Gasteiger partial charge in [0.15, 0.2) is 5.76 Å². The van der Waals surface area contributed by atoms with Gasteiger partial charge in [0.2, 0.25) is 0 Å². The summed E-state index contributed by atoms with van der Waals surface area (Å²) in [6.45, 7) is 4.40. The average Bonchev–Trinajstić information content (AvgIpc) is 3.41. The molecule has 1 aliphatic carbocycles. The van der Waals surface area contributed by atoms with Crippen LogP contribution in [-0.2, 0) is 12.8 Å². The zero-order valence-electron chi connectivity index (χ0n) is 17.7. The smallest absolute Gasteiger partial charge is 0.287 e. The second-order valence-electron chi connectivity index (χ2n) is 7.66. The van der Waals surface area contributed by atoms with E-state index in [2.05, 4.69) is 21.9 Å². The van der Waals surface area contributed by atoms with E-state index in [0.29, 0.717) is 17.9 Å². The molecule has 6 nitrogen and oxygen atoms in total. The van der Waals surface area contributed by atoms with Crippen LogP contribution in [0.15, 0.2) is 51.3 Å². The Morgan fingerprint density at radius 3 is 2.65 bits per heavy atom. The first kappa shape index (κ1) is 21.1. The number of carbonyl (C=O) groups is 2. The quantitative estimate of drug-likeness (QED) is 0.563. The summed E-state index contributed by atoms with van der Waals surface area (Å²) in [6.07, 6.45) is 3.13. The number of amides is 2. The summed E-state index contributed by atoms with van der Waals surface area (Å²) < 4.78 is 5.92. The molecular formula is C24H25N3O3S. The highest BCUT2D eigenvalue weighted by molar-refractivity contribution is 7.09. The summed E-state index contributed by atoms with van der Waals surface area (Å²) in [5, 5.41) is 9.35. The Morgan fingerprint density at radius 1 is 1.10 bits per heavy atom. The second kappa shape index (κ2) is 9.31. The van der Waals surface area contributed by atoms with Gasteiger partial charge in [-0.25, -0.2) is 5.43 Å². The lowest BCUT2D eigenvalue weighted by Crippen LogP contribution is -2.26. The molecule has 0 saturated carbocycles. The van der Waals surface area contributed by atoms with Crippen molar-refractivity contribution in [2.75, 3.05) is 6.54 Å². The Labute approximate surface area is 185 Å². The van der Waals surface area contributed by atoms with Gasteiger partial charge in [-0.15, -0.1) is 11.3 Å². The molecule has 0 unspecified atom stereocenters. The fourth-order valence-corrected chi connectivity index (χ4v) is 4.43. The Kier molecular flexibility index (Phi) is 6.32. The summed E-state index contributed by atoms with van der Waals surface area (Å²) in [5.41, 5.74) is 6.67. The van der Waals surface area contributed by atoms with Crippen LogP contribution in [0.4, 0.5) is 0 Å². The molecule has 4 rings (SSSR count). The third-order valence-electron chi connectivity index (χ3n) is 5.38. The van der Waals surface area contributed by atoms with Crippen LogP contribution in [0, 0.1) is 13.8 Å². The topological polar surface area (TPSA) is 83.7 Å². The minimum absolute atomic E-state index is 0.216. The minimum Gasteiger partial charge on any atom is -0.455 e. The van der Waals surface area contributed by atoms with Crippen molar-refractivity contribution in [3.05, 3.63) is 80.4 Å². The van der Waals surface area contributed by atoms with Crippen molar-refractivity contribution in [3.8, 4) is 0 Å². The van der Waals surface area contributed by atoms with Gasteiger partial charge in [0.05, 0.1) is 5.71 Å². The number of nitrogens with one attached hydrogen (secondary N) is 2. The van der Waals surface area contributed by atoms with Gasteiger partial charge in [0.1, 0.15) is 5.76 Å². The van der Waals surface area contributed by atoms with Crippen molar-refractivity contribution in [2.24, 2.45) is 5.10 Å². The van der Waals surface area contributed by atoms with Gasteiger partial charge in [-0.3, -0.25) is 9.59 Å². The number of hydrogen-bond acceptors (Lipinski definition) is 5. The van der Waals surface area contributed by atoms with E-state index in [1.807, 2.05) is 37.4 Å². The van der Waals surface area contributed by atoms with E-state index in [9.17, 15) is 9.59 Å². The molecule has 2 N–H and O–H groups in total. The maximum absolute atomic E-state index is 12.7. The largest absolute Gasteiger partial charge is 0.455 e. The van der Waals surface area contributed by atoms with Gasteiger partial charge in [-0.2, -0.15) is 5.10 Å². The van der Waals surface area contributed by atoms with Crippen molar-refractivity contribution >= 4 is 28.9 Å². The third kappa shape index (κ3) is 4.77. The van der Waals surface area contributed by atoms with Gasteiger partial charge in [0, 0.05) is 34.5 Å². The monoisotopic (exact) mass is 435 g/mol. The number of rotatable bonds is 6. The molecule has 0 saturated heterocycles. The molecule has 0 bridgehead atoms. The van der Waals surface area contributed by atoms with Gasteiger partial charge >= 0.3 is 0 Å². The normalized spacial score (nSPS) is 14.3. The van der Waals surface area contributed by atoms with Crippen molar-refractivity contribution in [1.82, 2.24) is 10.7 Å². The highest BCUT2D eigenvalue weighted by Gasteiger charge is 2.28. The number of nitrogens with zero attached hydrogens (tertiary/aromatic N) is 1. The molecule has 0 atom stereocenters. The van der Waals surface area contributed by atoms with Crippen LogP contribution in [0.3, 0.4) is 0 Å². The predicted molar refractivity (Wildman–Crippen MR) is 122 cm³/mol. The molecule has 0 fully saturated rings. The molecule has 31 heavy (non-hydrogen) atoms. The zero-order chi connectivity index (χ0) is 21.8. The minimum atomic E-state index is -0.257. The van der Waals surface area contributed by atoms with Gasteiger partial charge in [-0.1, -0.05) is 23.8 Å². The van der Waals surface area contributed by atoms with E-state index in [0.717, 1.165) is 53.8 Å². The van der Waals surface area contributed by atoms with E-state index in [4.69, 9.17) is 4.42 Å². The summed E-state index contributed by atoms with van der Waals surface area (Å²) in [5.74, 6) is 0.616. The van der Waals surface area contributed by atoms with Crippen LogP contribution in [-0.4, -0.2) is 24.1 Å². The molecular weight excluding hydrogens is 410 g/mol. The molecule has 0 spiro atoms. The van der Waals surface area contributed by atoms with Crippen molar-refractivity contribution < 1.29 is 14.0 Å². The number of thiophene rings is 1. The number of carbonyl (C=O) groups excluding carboxylic acids is 2. The van der Waals surface area contributed by atoms with Crippen LogP contribution in [0.25, 0.3) is 0 Å². The first-order valence-electron chi connectivity index (χ1n) is 10.4. The van der Waals surface area contributed by atoms with E-state index in [-0.39, 0.29) is 11.8 Å². The van der Waals surface area contributed by atoms with E-state index in [1.165, 1.54) is 4.88 Å². The summed E-state index contributed by atoms with van der Waals surface area (Å²) in [6, 6.07) is 11.4. The summed E-state index contributed by atoms with van der Waals surface area (Å²) >= 11 is 1.68. The SMILES string of the molecule is Cc1ccc(C(=O)N/N=C2\CCCc3oc(C(=O)NCCc4cccs4)c(C)c32)cc1. The standard InChI is InChI=1S/C24H25N3O3S/c1-15-8-10-17(11-9-15)23(28)27-26-19-6-3-7-20-21(19)16(2)22(30-20)24(29)25-13-12-18-5-4-14-31-18/h4-5,8-11,14H,3,6-7,12-13H2,1-2H3,(H,25,29)(H,27,28)/b26-19+. The summed E-state index contributed by atoms with van der Waals surface area (Å²) in [7, 11) is 0. The fraction of sp³-hybridized carbons (Fsp3) is 0.292. The van der Waals surface area contributed by atoms with Gasteiger partial charge in [0.25, 0.3) is 11.8 Å². The fourth-order valence-electron chi connectivity index (χ4n) is 3.72. The lowest BCUT2D eigenvalue weighted by Gasteiger charge is -2.13. The number of aryl methyl sites for hydroxylation is 2. The maximum Gasteiger partial charge on any atom is 0.287 e. The molecule has 7 heteroatoms. The van der Waals surface area contributed by atoms with E-state index >= 15 is 0 Å². The van der Waals surface area contributed by atoms with Crippen molar-refractivity contribution in [3.63, 3.8) is 0 Å². The Morgan fingerprint density at radius 2 is 1.90 bits per heavy atom. The molecule has 2 heterocycles. The predicted octanol–water partition coefficient (Wildman–Crippen LogP) is 4.40. The lowest BCUT2D eigenvalue weighted by molar-refractivity contribution is 0.0922. The third-order valence-corrected chi connectivity index (χ3v) is 6.31. The first-order valence-corrected chi connectivity index (χ1v) is 11.3. The molecule has 0 aliphatic heterocycles. The molecule has 1 aliphatic rings. The van der Waals surface area contributed by atoms with Crippen molar-refractivity contribution in [1.29, 1.82) is 0 Å². The highest BCUT2D eigenvalue weighted by Crippen LogP contribution is 2.29. The van der Waals surface area contributed by atoms with E-state index in [1.54, 1.807) is 23.5 Å². The van der Waals surface area contributed by atoms with Gasteiger partial charge in [-0.05, 0) is 56.7 Å². The molecule has 2 amide bonds. The molecule has 160 valence electrons. The Hall–Kier alpha value is -3.19.